The van der Waals surface area contributed by atoms with Gasteiger partial charge < -0.3 is 10.3 Å². The molecule has 1 aromatic carbocycles. The number of hydrogen-bond acceptors (Lipinski definition) is 3. The molecule has 0 aliphatic rings. The quantitative estimate of drug-likeness (QED) is 0.680. The minimum Gasteiger partial charge on any atom is -0.398 e. The van der Waals surface area contributed by atoms with Crippen molar-refractivity contribution < 1.29 is 4.79 Å². The molecule has 5 heteroatoms. The van der Waals surface area contributed by atoms with Gasteiger partial charge in [-0.05, 0) is 24.6 Å². The van der Waals surface area contributed by atoms with Crippen LogP contribution in [0.3, 0.4) is 0 Å². The number of ketones is 1. The van der Waals surface area contributed by atoms with Crippen LogP contribution >= 0.6 is 15.9 Å². The topological polar surface area (TPSA) is 60.9 Å². The summed E-state index contributed by atoms with van der Waals surface area (Å²) < 4.78 is 2.86. The minimum absolute atomic E-state index is 0.0117. The third-order valence-electron chi connectivity index (χ3n) is 2.90. The van der Waals surface area contributed by atoms with Crippen LogP contribution in [-0.4, -0.2) is 15.3 Å². The first-order chi connectivity index (χ1) is 9.11. The van der Waals surface area contributed by atoms with Crippen molar-refractivity contribution in [2.75, 3.05) is 5.73 Å². The van der Waals surface area contributed by atoms with Crippen LogP contribution in [0.1, 0.15) is 29.5 Å². The van der Waals surface area contributed by atoms with Crippen molar-refractivity contribution in [1.29, 1.82) is 0 Å². The second-order valence-electron chi connectivity index (χ2n) is 4.37. The highest BCUT2D eigenvalue weighted by atomic mass is 79.9. The Morgan fingerprint density at radius 2 is 2.26 bits per heavy atom. The highest BCUT2D eigenvalue weighted by Crippen LogP contribution is 2.20. The van der Waals surface area contributed by atoms with Crippen molar-refractivity contribution in [1.82, 2.24) is 9.55 Å². The summed E-state index contributed by atoms with van der Waals surface area (Å²) in [6.07, 6.45) is 4.91. The second-order valence-corrected chi connectivity index (χ2v) is 5.28. The maximum Gasteiger partial charge on any atom is 0.172 e. The zero-order chi connectivity index (χ0) is 13.8. The molecule has 0 saturated heterocycles. The number of carbonyl (C=O) groups is 1. The molecule has 0 radical (unpaired) electrons. The lowest BCUT2D eigenvalue weighted by molar-refractivity contribution is 0.0990. The van der Waals surface area contributed by atoms with E-state index in [1.54, 1.807) is 18.3 Å². The van der Waals surface area contributed by atoms with Gasteiger partial charge >= 0.3 is 0 Å². The number of aromatic nitrogens is 2. The molecule has 2 N–H and O–H groups in total. The van der Waals surface area contributed by atoms with Crippen LogP contribution in [0.25, 0.3) is 0 Å². The van der Waals surface area contributed by atoms with E-state index in [0.29, 0.717) is 11.3 Å². The summed E-state index contributed by atoms with van der Waals surface area (Å²) in [6, 6.07) is 5.31. The van der Waals surface area contributed by atoms with E-state index < -0.39 is 0 Å². The fraction of sp³-hybridized carbons (Fsp3) is 0.286. The maximum absolute atomic E-state index is 12.3. The molecule has 0 unspecified atom stereocenters. The first-order valence-electron chi connectivity index (χ1n) is 6.20. The number of imidazole rings is 1. The number of halogens is 1. The molecule has 1 heterocycles. The maximum atomic E-state index is 12.3. The number of Topliss-reactive ketones (excluding diaryl/α,β-unsaturated/α-hetero) is 1. The lowest BCUT2D eigenvalue weighted by Gasteiger charge is -2.07. The number of nitrogen functional groups attached to an aromatic ring is 1. The van der Waals surface area contributed by atoms with Crippen LogP contribution in [-0.2, 0) is 13.0 Å². The van der Waals surface area contributed by atoms with Crippen molar-refractivity contribution in [3.63, 3.8) is 0 Å². The molecule has 19 heavy (non-hydrogen) atoms. The number of benzene rings is 1. The molecule has 0 aliphatic carbocycles. The van der Waals surface area contributed by atoms with Gasteiger partial charge in [0.05, 0.1) is 6.42 Å². The molecule has 2 rings (SSSR count). The van der Waals surface area contributed by atoms with Gasteiger partial charge in [0.25, 0.3) is 0 Å². The van der Waals surface area contributed by atoms with Crippen LogP contribution in [0.15, 0.2) is 35.1 Å². The first-order valence-corrected chi connectivity index (χ1v) is 6.99. The molecular weight excluding hydrogens is 306 g/mol. The van der Waals surface area contributed by atoms with Gasteiger partial charge in [0, 0.05) is 34.7 Å². The molecule has 2 aromatic rings. The third-order valence-corrected chi connectivity index (χ3v) is 3.39. The predicted octanol–water partition coefficient (Wildman–Crippen LogP) is 3.06. The number of nitrogens with two attached hydrogens (primary N) is 1. The van der Waals surface area contributed by atoms with Crippen molar-refractivity contribution in [3.8, 4) is 0 Å². The van der Waals surface area contributed by atoms with Gasteiger partial charge in [-0.3, -0.25) is 4.79 Å². The zero-order valence-electron chi connectivity index (χ0n) is 10.8. The van der Waals surface area contributed by atoms with E-state index in [9.17, 15) is 4.79 Å². The summed E-state index contributed by atoms with van der Waals surface area (Å²) in [6.45, 7) is 2.97. The Morgan fingerprint density at radius 3 is 3.00 bits per heavy atom. The molecule has 100 valence electrons. The Labute approximate surface area is 120 Å². The number of anilines is 1. The molecule has 0 atom stereocenters. The van der Waals surface area contributed by atoms with Gasteiger partial charge in [-0.25, -0.2) is 4.98 Å². The summed E-state index contributed by atoms with van der Waals surface area (Å²) >= 11 is 3.35. The lowest BCUT2D eigenvalue weighted by atomic mass is 10.1. The van der Waals surface area contributed by atoms with E-state index in [1.807, 2.05) is 16.8 Å². The Balaban J connectivity index is 2.21. The lowest BCUT2D eigenvalue weighted by Crippen LogP contribution is -2.12. The van der Waals surface area contributed by atoms with Gasteiger partial charge in [0.1, 0.15) is 5.82 Å². The molecule has 0 amide bonds. The number of rotatable bonds is 5. The normalized spacial score (nSPS) is 10.6. The monoisotopic (exact) mass is 321 g/mol. The Bertz CT molecular complexity index is 592. The van der Waals surface area contributed by atoms with E-state index >= 15 is 0 Å². The van der Waals surface area contributed by atoms with Crippen LogP contribution in [0.4, 0.5) is 5.69 Å². The van der Waals surface area contributed by atoms with Gasteiger partial charge in [0.2, 0.25) is 0 Å². The summed E-state index contributed by atoms with van der Waals surface area (Å²) in [5.74, 6) is 0.772. The summed E-state index contributed by atoms with van der Waals surface area (Å²) in [4.78, 5) is 16.5. The summed E-state index contributed by atoms with van der Waals surface area (Å²) in [5.41, 5.74) is 6.89. The Morgan fingerprint density at radius 1 is 1.47 bits per heavy atom. The van der Waals surface area contributed by atoms with Gasteiger partial charge in [0.15, 0.2) is 5.78 Å². The van der Waals surface area contributed by atoms with Crippen LogP contribution in [0.2, 0.25) is 0 Å². The predicted molar refractivity (Wildman–Crippen MR) is 79.1 cm³/mol. The summed E-state index contributed by atoms with van der Waals surface area (Å²) in [7, 11) is 0. The van der Waals surface area contributed by atoms with Crippen LogP contribution in [0.5, 0.6) is 0 Å². The van der Waals surface area contributed by atoms with E-state index in [0.717, 1.165) is 23.3 Å². The molecule has 0 saturated carbocycles. The standard InChI is InChI=1S/C14H16BrN3O/c1-2-6-18-7-5-17-14(18)9-13(19)11-8-10(15)3-4-12(11)16/h3-5,7-8H,2,6,9,16H2,1H3. The highest BCUT2D eigenvalue weighted by Gasteiger charge is 2.14. The van der Waals surface area contributed by atoms with Crippen molar-refractivity contribution in [3.05, 3.63) is 46.5 Å². The average molecular weight is 322 g/mol. The molecule has 0 bridgehead atoms. The van der Waals surface area contributed by atoms with Crippen molar-refractivity contribution in [2.24, 2.45) is 0 Å². The van der Waals surface area contributed by atoms with Gasteiger partial charge in [-0.15, -0.1) is 0 Å². The van der Waals surface area contributed by atoms with E-state index in [2.05, 4.69) is 27.8 Å². The number of carbonyl (C=O) groups excluding carboxylic acids is 1. The molecule has 0 aliphatic heterocycles. The fourth-order valence-corrected chi connectivity index (χ4v) is 2.32. The smallest absolute Gasteiger partial charge is 0.172 e. The number of hydrogen-bond donors (Lipinski definition) is 1. The van der Waals surface area contributed by atoms with E-state index in [1.165, 1.54) is 0 Å². The van der Waals surface area contributed by atoms with Crippen molar-refractivity contribution >= 4 is 27.4 Å². The zero-order valence-corrected chi connectivity index (χ0v) is 12.4. The number of nitrogens with zero attached hydrogens (tertiary/aromatic N) is 2. The second kappa shape index (κ2) is 6.02. The minimum atomic E-state index is -0.0117. The molecule has 0 fully saturated rings. The Kier molecular flexibility index (Phi) is 4.37. The molecular formula is C14H16BrN3O. The first kappa shape index (κ1) is 13.8. The fourth-order valence-electron chi connectivity index (χ4n) is 1.96. The molecule has 0 spiro atoms. The highest BCUT2D eigenvalue weighted by molar-refractivity contribution is 9.10. The van der Waals surface area contributed by atoms with Gasteiger partial charge in [-0.1, -0.05) is 22.9 Å². The average Bonchev–Trinajstić information content (AvgIpc) is 2.80. The Hall–Kier alpha value is -1.62. The molecule has 1 aromatic heterocycles. The summed E-state index contributed by atoms with van der Waals surface area (Å²) in [5, 5.41) is 0. The van der Waals surface area contributed by atoms with Gasteiger partial charge in [-0.2, -0.15) is 0 Å². The van der Waals surface area contributed by atoms with E-state index in [4.69, 9.17) is 5.73 Å². The molecule has 4 nitrogen and oxygen atoms in total. The van der Waals surface area contributed by atoms with Crippen LogP contribution < -0.4 is 5.73 Å². The van der Waals surface area contributed by atoms with Crippen LogP contribution in [0, 0.1) is 0 Å². The number of aryl methyl sites for hydroxylation is 1. The largest absolute Gasteiger partial charge is 0.398 e. The van der Waals surface area contributed by atoms with Crippen molar-refractivity contribution in [2.45, 2.75) is 26.3 Å². The third kappa shape index (κ3) is 3.23. The SMILES string of the molecule is CCCn1ccnc1CC(=O)c1cc(Br)ccc1N. The van der Waals surface area contributed by atoms with E-state index in [-0.39, 0.29) is 12.2 Å².